The maximum atomic E-state index is 9.96. The lowest BCUT2D eigenvalue weighted by atomic mass is 10.1. The first-order valence-corrected chi connectivity index (χ1v) is 10.8. The minimum absolute atomic E-state index is 0.210. The lowest BCUT2D eigenvalue weighted by Crippen LogP contribution is -2.50. The zero-order valence-electron chi connectivity index (χ0n) is 15.8. The Hall–Kier alpha value is 0.0569. The molecule has 0 amide bonds. The van der Waals surface area contributed by atoms with Crippen LogP contribution in [0.5, 0.6) is 0 Å². The van der Waals surface area contributed by atoms with Gasteiger partial charge in [-0.25, -0.2) is 0 Å². The first-order chi connectivity index (χ1) is 9.94. The summed E-state index contributed by atoms with van der Waals surface area (Å²) in [6.45, 7) is 19.7. The maximum absolute atomic E-state index is 9.96. The molecular formula is C17H36O4Si. The van der Waals surface area contributed by atoms with Gasteiger partial charge in [-0.1, -0.05) is 41.5 Å². The molecule has 1 aliphatic rings. The number of rotatable bonds is 7. The van der Waals surface area contributed by atoms with Crippen LogP contribution in [0.1, 0.15) is 62.3 Å². The van der Waals surface area contributed by atoms with Crippen molar-refractivity contribution in [1.29, 1.82) is 0 Å². The molecule has 1 saturated heterocycles. The van der Waals surface area contributed by atoms with Crippen molar-refractivity contribution in [2.24, 2.45) is 0 Å². The van der Waals surface area contributed by atoms with Crippen LogP contribution < -0.4 is 0 Å². The van der Waals surface area contributed by atoms with Gasteiger partial charge in [-0.15, -0.1) is 0 Å². The second-order valence-electron chi connectivity index (χ2n) is 8.01. The Kier molecular flexibility index (Phi) is 6.67. The van der Waals surface area contributed by atoms with Crippen LogP contribution in [0.2, 0.25) is 16.6 Å². The lowest BCUT2D eigenvalue weighted by molar-refractivity contribution is -0.155. The standard InChI is InChI=1S/C17H36O4Si/c1-11(2)22(12(3)4,13(5)6)19-10-15-16(14(7)18)21-17(8,9)20-15/h11-16,18H,10H2,1-9H3/t14-,15-,16-/m1/s1. The fraction of sp³-hybridized carbons (Fsp3) is 1.00. The van der Waals surface area contributed by atoms with E-state index < -0.39 is 20.2 Å². The highest BCUT2D eigenvalue weighted by Gasteiger charge is 2.48. The molecule has 0 aromatic carbocycles. The van der Waals surface area contributed by atoms with E-state index in [0.29, 0.717) is 23.2 Å². The van der Waals surface area contributed by atoms with E-state index in [-0.39, 0.29) is 12.2 Å². The summed E-state index contributed by atoms with van der Waals surface area (Å²) in [6, 6.07) is 0. The highest BCUT2D eigenvalue weighted by atomic mass is 28.4. The first kappa shape index (κ1) is 20.1. The van der Waals surface area contributed by atoms with E-state index in [0.717, 1.165) is 0 Å². The zero-order valence-corrected chi connectivity index (χ0v) is 16.8. The van der Waals surface area contributed by atoms with Gasteiger partial charge in [0, 0.05) is 0 Å². The zero-order chi connectivity index (χ0) is 17.3. The van der Waals surface area contributed by atoms with Gasteiger partial charge in [-0.3, -0.25) is 0 Å². The highest BCUT2D eigenvalue weighted by Crippen LogP contribution is 2.43. The molecule has 4 nitrogen and oxygen atoms in total. The van der Waals surface area contributed by atoms with Crippen molar-refractivity contribution in [3.63, 3.8) is 0 Å². The Morgan fingerprint density at radius 2 is 1.41 bits per heavy atom. The van der Waals surface area contributed by atoms with Crippen LogP contribution in [-0.2, 0) is 13.9 Å². The van der Waals surface area contributed by atoms with E-state index in [2.05, 4.69) is 41.5 Å². The first-order valence-electron chi connectivity index (χ1n) is 8.61. The molecule has 1 rings (SSSR count). The number of ether oxygens (including phenoxy) is 2. The maximum Gasteiger partial charge on any atom is 0.200 e. The van der Waals surface area contributed by atoms with Gasteiger partial charge >= 0.3 is 0 Å². The summed E-state index contributed by atoms with van der Waals surface area (Å²) >= 11 is 0. The molecule has 0 unspecified atom stereocenters. The van der Waals surface area contributed by atoms with Crippen molar-refractivity contribution >= 4 is 8.32 Å². The normalized spacial score (nSPS) is 27.1. The molecule has 3 atom stereocenters. The van der Waals surface area contributed by atoms with Crippen LogP contribution in [-0.4, -0.2) is 44.1 Å². The van der Waals surface area contributed by atoms with Crippen molar-refractivity contribution in [2.45, 2.75) is 103 Å². The van der Waals surface area contributed by atoms with Crippen molar-refractivity contribution in [2.75, 3.05) is 6.61 Å². The Morgan fingerprint density at radius 3 is 1.77 bits per heavy atom. The molecule has 0 bridgehead atoms. The monoisotopic (exact) mass is 332 g/mol. The van der Waals surface area contributed by atoms with E-state index >= 15 is 0 Å². The predicted molar refractivity (Wildman–Crippen MR) is 92.5 cm³/mol. The predicted octanol–water partition coefficient (Wildman–Crippen LogP) is 4.08. The molecule has 1 fully saturated rings. The molecule has 0 radical (unpaired) electrons. The number of aliphatic hydroxyl groups is 1. The third-order valence-electron chi connectivity index (χ3n) is 4.90. The molecule has 5 heteroatoms. The Morgan fingerprint density at radius 1 is 0.955 bits per heavy atom. The second kappa shape index (κ2) is 7.30. The van der Waals surface area contributed by atoms with Gasteiger partial charge in [-0.05, 0) is 37.4 Å². The molecule has 1 aliphatic heterocycles. The van der Waals surface area contributed by atoms with E-state index in [1.165, 1.54) is 0 Å². The van der Waals surface area contributed by atoms with Crippen LogP contribution in [0.3, 0.4) is 0 Å². The summed E-state index contributed by atoms with van der Waals surface area (Å²) in [5, 5.41) is 9.96. The number of aliphatic hydroxyl groups excluding tert-OH is 1. The largest absolute Gasteiger partial charge is 0.413 e. The van der Waals surface area contributed by atoms with Gasteiger partial charge in [0.25, 0.3) is 0 Å². The highest BCUT2D eigenvalue weighted by molar-refractivity contribution is 6.77. The van der Waals surface area contributed by atoms with Crippen LogP contribution >= 0.6 is 0 Å². The van der Waals surface area contributed by atoms with Gasteiger partial charge in [0.1, 0.15) is 12.2 Å². The topological polar surface area (TPSA) is 47.9 Å². The molecule has 0 aliphatic carbocycles. The Bertz CT molecular complexity index is 331. The molecule has 1 N–H and O–H groups in total. The Balaban J connectivity index is 2.88. The van der Waals surface area contributed by atoms with Gasteiger partial charge in [-0.2, -0.15) is 0 Å². The molecule has 0 aromatic rings. The Labute approximate surface area is 137 Å². The minimum Gasteiger partial charge on any atom is -0.413 e. The summed E-state index contributed by atoms with van der Waals surface area (Å²) < 4.78 is 18.4. The quantitative estimate of drug-likeness (QED) is 0.714. The van der Waals surface area contributed by atoms with Crippen LogP contribution in [0.15, 0.2) is 0 Å². The lowest BCUT2D eigenvalue weighted by Gasteiger charge is -2.43. The van der Waals surface area contributed by atoms with E-state index in [9.17, 15) is 5.11 Å². The van der Waals surface area contributed by atoms with Gasteiger partial charge in [0.2, 0.25) is 0 Å². The summed E-state index contributed by atoms with van der Waals surface area (Å²) in [5.41, 5.74) is 1.61. The van der Waals surface area contributed by atoms with E-state index in [1.54, 1.807) is 6.92 Å². The van der Waals surface area contributed by atoms with Crippen LogP contribution in [0, 0.1) is 0 Å². The van der Waals surface area contributed by atoms with Gasteiger partial charge in [0.05, 0.1) is 12.7 Å². The fourth-order valence-corrected chi connectivity index (χ4v) is 9.58. The molecule has 0 spiro atoms. The van der Waals surface area contributed by atoms with Crippen molar-refractivity contribution in [1.82, 2.24) is 0 Å². The van der Waals surface area contributed by atoms with E-state index in [4.69, 9.17) is 13.9 Å². The molecule has 1 heterocycles. The average Bonchev–Trinajstić information content (AvgIpc) is 2.64. The third-order valence-corrected chi connectivity index (χ3v) is 11.0. The molecule has 0 saturated carbocycles. The van der Waals surface area contributed by atoms with Crippen molar-refractivity contribution in [3.05, 3.63) is 0 Å². The fourth-order valence-electron chi connectivity index (χ4n) is 4.13. The molecule has 132 valence electrons. The summed E-state index contributed by atoms with van der Waals surface area (Å²) in [7, 11) is -1.92. The third kappa shape index (κ3) is 4.12. The minimum atomic E-state index is -1.92. The summed E-state index contributed by atoms with van der Waals surface area (Å²) in [4.78, 5) is 0. The van der Waals surface area contributed by atoms with Crippen LogP contribution in [0.4, 0.5) is 0 Å². The number of hydrogen-bond acceptors (Lipinski definition) is 4. The molecular weight excluding hydrogens is 296 g/mol. The van der Waals surface area contributed by atoms with Crippen LogP contribution in [0.25, 0.3) is 0 Å². The van der Waals surface area contributed by atoms with Crippen molar-refractivity contribution < 1.29 is 19.0 Å². The molecule has 22 heavy (non-hydrogen) atoms. The average molecular weight is 333 g/mol. The van der Waals surface area contributed by atoms with E-state index in [1.807, 2.05) is 13.8 Å². The SMILES string of the molecule is CC(C)[Si](OC[C@H]1OC(C)(C)O[C@@H]1[C@@H](C)O)(C(C)C)C(C)C. The smallest absolute Gasteiger partial charge is 0.200 e. The molecule has 0 aromatic heterocycles. The number of hydrogen-bond donors (Lipinski definition) is 1. The van der Waals surface area contributed by atoms with Crippen molar-refractivity contribution in [3.8, 4) is 0 Å². The summed E-state index contributed by atoms with van der Waals surface area (Å²) in [5.74, 6) is -0.659. The van der Waals surface area contributed by atoms with Gasteiger partial charge in [0.15, 0.2) is 14.1 Å². The summed E-state index contributed by atoms with van der Waals surface area (Å²) in [6.07, 6.45) is -1.10. The second-order valence-corrected chi connectivity index (χ2v) is 13.5. The van der Waals surface area contributed by atoms with Gasteiger partial charge < -0.3 is 19.0 Å².